The van der Waals surface area contributed by atoms with E-state index >= 15 is 0 Å². The second-order valence-electron chi connectivity index (χ2n) is 12.3. The van der Waals surface area contributed by atoms with Crippen LogP contribution in [0, 0.1) is 0 Å². The first-order valence-electron chi connectivity index (χ1n) is 17.4. The molecule has 52 heavy (non-hydrogen) atoms. The fourth-order valence-electron chi connectivity index (χ4n) is 6.99. The Labute approximate surface area is 299 Å². The lowest BCUT2D eigenvalue weighted by Crippen LogP contribution is -1.97. The van der Waals surface area contributed by atoms with Gasteiger partial charge in [0.15, 0.2) is 5.82 Å². The first-order valence-corrected chi connectivity index (χ1v) is 16.9. The van der Waals surface area contributed by atoms with Gasteiger partial charge in [-0.2, -0.15) is 0 Å². The van der Waals surface area contributed by atoms with Gasteiger partial charge in [0.25, 0.3) is 0 Å². The van der Waals surface area contributed by atoms with Crippen LogP contribution >= 0.6 is 0 Å². The summed E-state index contributed by atoms with van der Waals surface area (Å²) in [5.41, 5.74) is 4.70. The van der Waals surface area contributed by atoms with Gasteiger partial charge < -0.3 is 9.47 Å². The first kappa shape index (κ1) is 28.5. The third kappa shape index (κ3) is 5.09. The second-order valence-corrected chi connectivity index (χ2v) is 12.3. The predicted octanol–water partition coefficient (Wildman–Crippen LogP) is 10.7. The van der Waals surface area contributed by atoms with Crippen LogP contribution < -0.4 is 9.47 Å². The number of hydrogen-bond donors (Lipinski definition) is 0. The van der Waals surface area contributed by atoms with Crippen molar-refractivity contribution in [1.82, 2.24) is 29.1 Å². The molecule has 0 atom stereocenters. The molecule has 0 fully saturated rings. The minimum Gasteiger partial charge on any atom is -0.457 e. The Hall–Kier alpha value is -7.32. The van der Waals surface area contributed by atoms with Crippen molar-refractivity contribution in [3.8, 4) is 46.0 Å². The Kier molecular flexibility index (Phi) is 6.70. The smallest absolute Gasteiger partial charge is 0.159 e. The lowest BCUT2D eigenvalue weighted by atomic mass is 10.1. The predicted molar refractivity (Wildman–Crippen MR) is 205 cm³/mol. The number of nitrogens with zero attached hydrogens (tertiary/aromatic N) is 6. The van der Waals surface area contributed by atoms with Gasteiger partial charge in [0, 0.05) is 70.1 Å². The molecule has 0 aliphatic rings. The van der Waals surface area contributed by atoms with E-state index in [1.807, 2.05) is 78.9 Å². The maximum absolute atomic E-state index is 8.25. The third-order valence-corrected chi connectivity index (χ3v) is 9.16. The van der Waals surface area contributed by atoms with E-state index in [9.17, 15) is 0 Å². The van der Waals surface area contributed by atoms with E-state index in [1.165, 1.54) is 0 Å². The maximum atomic E-state index is 8.25. The van der Waals surface area contributed by atoms with Gasteiger partial charge in [-0.25, -0.2) is 19.9 Å². The summed E-state index contributed by atoms with van der Waals surface area (Å²) >= 11 is 0. The van der Waals surface area contributed by atoms with Crippen LogP contribution in [0.25, 0.3) is 66.6 Å². The van der Waals surface area contributed by atoms with Crippen LogP contribution in [0.5, 0.6) is 23.0 Å². The molecule has 0 N–H and O–H groups in total. The molecule has 8 heteroatoms. The summed E-state index contributed by atoms with van der Waals surface area (Å²) in [5, 5.41) is 4.38. The molecule has 0 spiro atoms. The quantitative estimate of drug-likeness (QED) is 0.168. The van der Waals surface area contributed by atoms with Gasteiger partial charge in [-0.05, 0) is 78.9 Å². The highest BCUT2D eigenvalue weighted by Crippen LogP contribution is 2.39. The van der Waals surface area contributed by atoms with Crippen LogP contribution in [-0.2, 0) is 0 Å². The standard InChI is InChI=1S/C44H28N6O2/c1-3-12-38-34(10-1)36-18-16-30(27-40(36)49(38)42-14-5-7-20-45-42)51-32-24-29(44-47-22-9-23-48-44)25-33(26-32)52-31-17-19-37-35-11-2-4-13-39(35)50(41(37)28-31)43-15-6-8-21-46-43/h1-28H/i5D. The summed E-state index contributed by atoms with van der Waals surface area (Å²) in [7, 11) is 0. The number of ether oxygens (including phenoxy) is 2. The zero-order valence-corrected chi connectivity index (χ0v) is 27.6. The van der Waals surface area contributed by atoms with E-state index in [0.29, 0.717) is 40.7 Å². The molecule has 0 radical (unpaired) electrons. The van der Waals surface area contributed by atoms with Gasteiger partial charge in [0.05, 0.1) is 23.4 Å². The monoisotopic (exact) mass is 673 g/mol. The van der Waals surface area contributed by atoms with Crippen molar-refractivity contribution >= 4 is 43.6 Å². The van der Waals surface area contributed by atoms with Crippen LogP contribution in [0.15, 0.2) is 170 Å². The first-order chi connectivity index (χ1) is 26.2. The number of pyridine rings is 2. The molecule has 5 heterocycles. The molecule has 0 saturated carbocycles. The molecule has 10 aromatic rings. The van der Waals surface area contributed by atoms with Gasteiger partial charge in [0.2, 0.25) is 0 Å². The third-order valence-electron chi connectivity index (χ3n) is 9.16. The molecule has 5 aromatic heterocycles. The average Bonchev–Trinajstić information content (AvgIpc) is 3.70. The summed E-state index contributed by atoms with van der Waals surface area (Å²) in [5.74, 6) is 4.45. The van der Waals surface area contributed by atoms with E-state index in [0.717, 1.165) is 55.0 Å². The molecule has 246 valence electrons. The van der Waals surface area contributed by atoms with Gasteiger partial charge in [0.1, 0.15) is 34.6 Å². The second kappa shape index (κ2) is 12.2. The molecule has 0 amide bonds. The summed E-state index contributed by atoms with van der Waals surface area (Å²) in [6, 6.07) is 45.9. The van der Waals surface area contributed by atoms with Crippen molar-refractivity contribution in [3.05, 3.63) is 170 Å². The minimum absolute atomic E-state index is 0.387. The summed E-state index contributed by atoms with van der Waals surface area (Å²) in [4.78, 5) is 18.3. The molecule has 0 aliphatic carbocycles. The molecule has 5 aromatic carbocycles. The van der Waals surface area contributed by atoms with Crippen molar-refractivity contribution in [2.75, 3.05) is 0 Å². The minimum atomic E-state index is 0.387. The van der Waals surface area contributed by atoms with E-state index in [-0.39, 0.29) is 0 Å². The van der Waals surface area contributed by atoms with E-state index < -0.39 is 0 Å². The van der Waals surface area contributed by atoms with Crippen molar-refractivity contribution in [1.29, 1.82) is 0 Å². The van der Waals surface area contributed by atoms with Gasteiger partial charge in [-0.1, -0.05) is 48.5 Å². The van der Waals surface area contributed by atoms with Crippen molar-refractivity contribution in [2.24, 2.45) is 0 Å². The fraction of sp³-hybridized carbons (Fsp3) is 0. The number of aromatic nitrogens is 6. The zero-order valence-electron chi connectivity index (χ0n) is 28.6. The Morgan fingerprint density at radius 2 is 0.923 bits per heavy atom. The SMILES string of the molecule is [2H]c1ccnc(-n2c3ccccc3c3ccc(Oc4cc(Oc5ccc6c7ccccc7n(-c7ccccn7)c6c5)cc(-c5ncccn5)c4)cc32)c1. The highest BCUT2D eigenvalue weighted by Gasteiger charge is 2.17. The Morgan fingerprint density at radius 1 is 0.404 bits per heavy atom. The van der Waals surface area contributed by atoms with Crippen molar-refractivity contribution in [2.45, 2.75) is 0 Å². The zero-order chi connectivity index (χ0) is 35.3. The highest BCUT2D eigenvalue weighted by atomic mass is 16.5. The van der Waals surface area contributed by atoms with E-state index in [2.05, 4.69) is 71.5 Å². The van der Waals surface area contributed by atoms with Crippen LogP contribution in [-0.4, -0.2) is 29.1 Å². The summed E-state index contributed by atoms with van der Waals surface area (Å²) in [6.07, 6.45) is 6.90. The Balaban J connectivity index is 1.07. The maximum Gasteiger partial charge on any atom is 0.159 e. The van der Waals surface area contributed by atoms with Gasteiger partial charge >= 0.3 is 0 Å². The van der Waals surface area contributed by atoms with E-state index in [4.69, 9.17) is 10.8 Å². The molecular weight excluding hydrogens is 645 g/mol. The highest BCUT2D eigenvalue weighted by molar-refractivity contribution is 6.10. The molecule has 0 unspecified atom stereocenters. The number of para-hydroxylation sites is 2. The van der Waals surface area contributed by atoms with Gasteiger partial charge in [-0.3, -0.25) is 9.13 Å². The fourth-order valence-corrected chi connectivity index (χ4v) is 6.99. The molecule has 0 aliphatic heterocycles. The van der Waals surface area contributed by atoms with Crippen LogP contribution in [0.4, 0.5) is 0 Å². The van der Waals surface area contributed by atoms with Crippen LogP contribution in [0.3, 0.4) is 0 Å². The lowest BCUT2D eigenvalue weighted by Gasteiger charge is -2.13. The molecular formula is C44H28N6O2. The number of hydrogen-bond acceptors (Lipinski definition) is 6. The number of rotatable bonds is 7. The lowest BCUT2D eigenvalue weighted by molar-refractivity contribution is 0.461. The van der Waals surface area contributed by atoms with Crippen LogP contribution in [0.2, 0.25) is 0 Å². The van der Waals surface area contributed by atoms with Crippen LogP contribution in [0.1, 0.15) is 1.37 Å². The van der Waals surface area contributed by atoms with Gasteiger partial charge in [-0.15, -0.1) is 0 Å². The molecule has 0 saturated heterocycles. The van der Waals surface area contributed by atoms with E-state index in [1.54, 1.807) is 43.0 Å². The Bertz CT molecular complexity index is 2980. The molecule has 8 nitrogen and oxygen atoms in total. The Morgan fingerprint density at radius 3 is 1.52 bits per heavy atom. The largest absolute Gasteiger partial charge is 0.457 e. The average molecular weight is 674 g/mol. The number of benzene rings is 5. The van der Waals surface area contributed by atoms with Crippen molar-refractivity contribution < 1.29 is 10.8 Å². The summed E-state index contributed by atoms with van der Waals surface area (Å²) < 4.78 is 25.7. The van der Waals surface area contributed by atoms with Crippen molar-refractivity contribution in [3.63, 3.8) is 0 Å². The topological polar surface area (TPSA) is 79.9 Å². The molecule has 10 rings (SSSR count). The molecule has 0 bridgehead atoms. The normalized spacial score (nSPS) is 11.7. The summed E-state index contributed by atoms with van der Waals surface area (Å²) in [6.45, 7) is 0. The number of fused-ring (bicyclic) bond motifs is 6.